The maximum Gasteiger partial charge on any atom is 0.266 e. The second-order valence-electron chi connectivity index (χ2n) is 6.84. The summed E-state index contributed by atoms with van der Waals surface area (Å²) in [5.74, 6) is 2.70. The normalized spacial score (nSPS) is 18.4. The monoisotopic (exact) mass is 439 g/mol. The number of thioether (sulfide) groups is 1. The number of thiocarbonyl (C=S) groups is 1. The number of benzene rings is 2. The molecular weight excluding hydrogens is 422 g/mol. The van der Waals surface area contributed by atoms with E-state index in [-0.39, 0.29) is 12.7 Å². The molecule has 3 aliphatic heterocycles. The molecule has 0 aromatic heterocycles. The van der Waals surface area contributed by atoms with Crippen LogP contribution in [-0.4, -0.2) is 35.6 Å². The van der Waals surface area contributed by atoms with E-state index in [1.807, 2.05) is 48.6 Å². The van der Waals surface area contributed by atoms with Crippen molar-refractivity contribution in [3.8, 4) is 23.0 Å². The summed E-state index contributed by atoms with van der Waals surface area (Å²) in [5.41, 5.74) is 2.75. The van der Waals surface area contributed by atoms with Crippen LogP contribution in [0.3, 0.4) is 0 Å². The van der Waals surface area contributed by atoms with Gasteiger partial charge in [-0.2, -0.15) is 0 Å². The van der Waals surface area contributed by atoms with Gasteiger partial charge in [0.15, 0.2) is 23.0 Å². The smallest absolute Gasteiger partial charge is 0.266 e. The molecule has 0 N–H and O–H groups in total. The van der Waals surface area contributed by atoms with Gasteiger partial charge in [0.1, 0.15) is 10.9 Å². The van der Waals surface area contributed by atoms with Crippen LogP contribution < -0.4 is 18.9 Å². The first-order valence-electron chi connectivity index (χ1n) is 9.26. The van der Waals surface area contributed by atoms with Gasteiger partial charge in [-0.1, -0.05) is 42.2 Å². The number of carbonyl (C=O) groups excluding carboxylic acids is 1. The Kier molecular flexibility index (Phi) is 4.88. The van der Waals surface area contributed by atoms with Crippen LogP contribution in [0.2, 0.25) is 0 Å². The van der Waals surface area contributed by atoms with Gasteiger partial charge in [0, 0.05) is 5.56 Å². The van der Waals surface area contributed by atoms with E-state index >= 15 is 0 Å². The highest BCUT2D eigenvalue weighted by Crippen LogP contribution is 2.39. The fourth-order valence-corrected chi connectivity index (χ4v) is 4.74. The summed E-state index contributed by atoms with van der Waals surface area (Å²) in [4.78, 5) is 15.2. The number of fused-ring (bicyclic) bond motifs is 2. The Balaban J connectivity index is 1.36. The molecule has 2 aromatic rings. The Morgan fingerprint density at radius 3 is 2.93 bits per heavy atom. The van der Waals surface area contributed by atoms with Crippen LogP contribution in [0.1, 0.15) is 11.1 Å². The molecule has 0 atom stereocenters. The second-order valence-corrected chi connectivity index (χ2v) is 8.52. The number of para-hydroxylation sites is 1. The maximum atomic E-state index is 13.0. The van der Waals surface area contributed by atoms with E-state index in [0.717, 1.165) is 16.7 Å². The SMILES string of the molecule is COc1cccc2c1OCC(/C=C1\SC(=S)N(Cc3ccc4c(c3)OCO4)C1=O)=C2. The first-order chi connectivity index (χ1) is 14.6. The molecule has 0 bridgehead atoms. The largest absolute Gasteiger partial charge is 0.493 e. The number of hydrogen-bond acceptors (Lipinski definition) is 7. The van der Waals surface area contributed by atoms with Gasteiger partial charge in [-0.15, -0.1) is 0 Å². The van der Waals surface area contributed by atoms with Crippen LogP contribution in [0.25, 0.3) is 6.08 Å². The van der Waals surface area contributed by atoms with Crippen LogP contribution in [0.5, 0.6) is 23.0 Å². The van der Waals surface area contributed by atoms with E-state index in [1.165, 1.54) is 11.8 Å². The van der Waals surface area contributed by atoms with Crippen molar-refractivity contribution in [1.82, 2.24) is 4.90 Å². The first kappa shape index (κ1) is 19.0. The number of carbonyl (C=O) groups is 1. The molecule has 30 heavy (non-hydrogen) atoms. The van der Waals surface area contributed by atoms with E-state index in [1.54, 1.807) is 12.0 Å². The molecule has 1 fully saturated rings. The average Bonchev–Trinajstić information content (AvgIpc) is 3.33. The molecule has 0 radical (unpaired) electrons. The molecule has 0 saturated carbocycles. The molecule has 1 amide bonds. The molecule has 5 rings (SSSR count). The van der Waals surface area contributed by atoms with Crippen LogP contribution in [0.15, 0.2) is 53.0 Å². The third-order valence-electron chi connectivity index (χ3n) is 4.92. The molecule has 8 heteroatoms. The predicted molar refractivity (Wildman–Crippen MR) is 118 cm³/mol. The zero-order chi connectivity index (χ0) is 20.7. The molecule has 3 aliphatic rings. The van der Waals surface area contributed by atoms with Crippen molar-refractivity contribution in [3.05, 3.63) is 64.1 Å². The Labute approximate surface area is 183 Å². The first-order valence-corrected chi connectivity index (χ1v) is 10.5. The van der Waals surface area contributed by atoms with E-state index in [9.17, 15) is 4.79 Å². The van der Waals surface area contributed by atoms with Crippen molar-refractivity contribution in [1.29, 1.82) is 0 Å². The van der Waals surface area contributed by atoms with Crippen LogP contribution in [0.4, 0.5) is 0 Å². The number of rotatable bonds is 4. The fourth-order valence-electron chi connectivity index (χ4n) is 3.47. The van der Waals surface area contributed by atoms with Crippen molar-refractivity contribution in [2.75, 3.05) is 20.5 Å². The molecular formula is C22H17NO5S2. The third-order valence-corrected chi connectivity index (χ3v) is 6.30. The van der Waals surface area contributed by atoms with Crippen molar-refractivity contribution >= 4 is 40.3 Å². The van der Waals surface area contributed by atoms with Crippen molar-refractivity contribution < 1.29 is 23.7 Å². The minimum Gasteiger partial charge on any atom is -0.493 e. The van der Waals surface area contributed by atoms with Gasteiger partial charge >= 0.3 is 0 Å². The van der Waals surface area contributed by atoms with Gasteiger partial charge in [-0.05, 0) is 41.5 Å². The number of amides is 1. The van der Waals surface area contributed by atoms with Gasteiger partial charge in [-0.3, -0.25) is 9.69 Å². The highest BCUT2D eigenvalue weighted by atomic mass is 32.2. The number of ether oxygens (including phenoxy) is 4. The predicted octanol–water partition coefficient (Wildman–Crippen LogP) is 4.14. The second kappa shape index (κ2) is 7.70. The minimum atomic E-state index is -0.111. The minimum absolute atomic E-state index is 0.111. The zero-order valence-electron chi connectivity index (χ0n) is 16.0. The number of methoxy groups -OCH3 is 1. The lowest BCUT2D eigenvalue weighted by Crippen LogP contribution is -2.27. The van der Waals surface area contributed by atoms with Gasteiger partial charge in [0.25, 0.3) is 5.91 Å². The van der Waals surface area contributed by atoms with E-state index in [2.05, 4.69) is 0 Å². The Bertz CT molecular complexity index is 1120. The summed E-state index contributed by atoms with van der Waals surface area (Å²) in [6.45, 7) is 0.961. The summed E-state index contributed by atoms with van der Waals surface area (Å²) < 4.78 is 22.5. The van der Waals surface area contributed by atoms with E-state index in [4.69, 9.17) is 31.2 Å². The molecule has 152 valence electrons. The number of hydrogen-bond donors (Lipinski definition) is 0. The molecule has 1 saturated heterocycles. The summed E-state index contributed by atoms with van der Waals surface area (Å²) >= 11 is 6.76. The molecule has 0 aliphatic carbocycles. The molecule has 3 heterocycles. The maximum absolute atomic E-state index is 13.0. The van der Waals surface area contributed by atoms with Gasteiger partial charge in [-0.25, -0.2) is 0 Å². The quantitative estimate of drug-likeness (QED) is 0.524. The highest BCUT2D eigenvalue weighted by molar-refractivity contribution is 8.26. The van der Waals surface area contributed by atoms with E-state index in [0.29, 0.717) is 45.4 Å². The average molecular weight is 440 g/mol. The van der Waals surface area contributed by atoms with Gasteiger partial charge < -0.3 is 18.9 Å². The third kappa shape index (κ3) is 3.42. The topological polar surface area (TPSA) is 57.2 Å². The Morgan fingerprint density at radius 2 is 2.07 bits per heavy atom. The lowest BCUT2D eigenvalue weighted by atomic mass is 10.1. The molecule has 0 spiro atoms. The standard InChI is InChI=1S/C22H17NO5S2/c1-25-17-4-2-3-15-7-14(11-26-20(15)17)9-19-21(24)23(22(29)30-19)10-13-5-6-16-18(8-13)28-12-27-16/h2-9H,10-12H2,1H3/b19-9-. The Hall–Kier alpha value is -2.97. The van der Waals surface area contributed by atoms with Crippen LogP contribution in [-0.2, 0) is 11.3 Å². The van der Waals surface area contributed by atoms with Crippen molar-refractivity contribution in [2.24, 2.45) is 0 Å². The molecule has 0 unspecified atom stereocenters. The van der Waals surface area contributed by atoms with Gasteiger partial charge in [0.05, 0.1) is 18.6 Å². The number of nitrogens with zero attached hydrogens (tertiary/aromatic N) is 1. The summed E-state index contributed by atoms with van der Waals surface area (Å²) in [6.07, 6.45) is 3.85. The Morgan fingerprint density at radius 1 is 1.20 bits per heavy atom. The summed E-state index contributed by atoms with van der Waals surface area (Å²) in [5, 5.41) is 0. The molecule has 6 nitrogen and oxygen atoms in total. The zero-order valence-corrected chi connectivity index (χ0v) is 17.7. The highest BCUT2D eigenvalue weighted by Gasteiger charge is 2.32. The van der Waals surface area contributed by atoms with Crippen molar-refractivity contribution in [2.45, 2.75) is 6.54 Å². The van der Waals surface area contributed by atoms with Crippen LogP contribution >= 0.6 is 24.0 Å². The van der Waals surface area contributed by atoms with Crippen LogP contribution in [0, 0.1) is 0 Å². The fraction of sp³-hybridized carbons (Fsp3) is 0.182. The lowest BCUT2D eigenvalue weighted by Gasteiger charge is -2.18. The van der Waals surface area contributed by atoms with Gasteiger partial charge in [0.2, 0.25) is 6.79 Å². The summed E-state index contributed by atoms with van der Waals surface area (Å²) in [6, 6.07) is 11.4. The summed E-state index contributed by atoms with van der Waals surface area (Å²) in [7, 11) is 1.61. The van der Waals surface area contributed by atoms with Crippen molar-refractivity contribution in [3.63, 3.8) is 0 Å². The lowest BCUT2D eigenvalue weighted by molar-refractivity contribution is -0.122. The molecule has 2 aromatic carbocycles. The van der Waals surface area contributed by atoms with E-state index < -0.39 is 0 Å².